The van der Waals surface area contributed by atoms with Crippen LogP contribution in [0.5, 0.6) is 0 Å². The molecule has 2 rings (SSSR count). The summed E-state index contributed by atoms with van der Waals surface area (Å²) in [5.41, 5.74) is 0.293. The van der Waals surface area contributed by atoms with Gasteiger partial charge in [0.15, 0.2) is 0 Å². The fourth-order valence-electron chi connectivity index (χ4n) is 0.963. The van der Waals surface area contributed by atoms with Gasteiger partial charge in [0.2, 0.25) is 0 Å². The average Bonchev–Trinajstić information content (AvgIpc) is 2.40. The van der Waals surface area contributed by atoms with Crippen molar-refractivity contribution in [3.05, 3.63) is 22.8 Å². The molecule has 0 unspecified atom stereocenters. The van der Waals surface area contributed by atoms with Crippen LogP contribution < -0.4 is 0 Å². The van der Waals surface area contributed by atoms with Crippen LogP contribution in [-0.4, -0.2) is 30.6 Å². The summed E-state index contributed by atoms with van der Waals surface area (Å²) in [5, 5.41) is 9.62. The number of H-pyrrole nitrogens is 1. The Bertz CT molecular complexity index is 373. The van der Waals surface area contributed by atoms with Gasteiger partial charge < -0.3 is 0 Å². The zero-order valence-corrected chi connectivity index (χ0v) is 7.21. The first-order valence-electron chi connectivity index (χ1n) is 3.07. The van der Waals surface area contributed by atoms with Crippen LogP contribution in [0, 0.1) is 0 Å². The molecule has 0 atom stereocenters. The number of hydrogen-bond donors (Lipinski definition) is 2. The molecule has 2 heterocycles. The molecule has 3 nitrogen and oxygen atoms in total. The van der Waals surface area contributed by atoms with Crippen molar-refractivity contribution in [2.45, 2.75) is 0 Å². The molecule has 2 N–H and O–H groups in total. The Morgan fingerprint density at radius 2 is 2.45 bits per heavy atom. The van der Waals surface area contributed by atoms with E-state index in [2.05, 4.69) is 9.92 Å². The summed E-state index contributed by atoms with van der Waals surface area (Å²) in [6.07, 6.45) is 0. The average molecular weight is 214 g/mol. The fraction of sp³-hybridized carbons (Fsp3) is 0. The number of hydrogen-bond acceptors (Lipinski definition) is 1. The van der Waals surface area contributed by atoms with E-state index in [-0.39, 0.29) is 0 Å². The van der Waals surface area contributed by atoms with Crippen molar-refractivity contribution in [1.82, 2.24) is 4.98 Å². The monoisotopic (exact) mass is 215 g/mol. The van der Waals surface area contributed by atoms with E-state index in [0.717, 1.165) is 9.78 Å². The Hall–Kier alpha value is -0.991. The number of aromatic amines is 1. The molecule has 0 aliphatic rings. The Kier molecular flexibility index (Phi) is 1.37. The number of aromatic carboxylic acids is 1. The van der Waals surface area contributed by atoms with Crippen LogP contribution in [0.1, 0.15) is 10.5 Å². The van der Waals surface area contributed by atoms with E-state index in [0.29, 0.717) is 20.2 Å². The molecule has 0 amide bonds. The Balaban J connectivity index is 2.67. The van der Waals surface area contributed by atoms with Gasteiger partial charge in [0, 0.05) is 0 Å². The van der Waals surface area contributed by atoms with E-state index < -0.39 is 5.97 Å². The Labute approximate surface area is 68.4 Å². The van der Waals surface area contributed by atoms with Crippen molar-refractivity contribution in [3.8, 4) is 0 Å². The predicted octanol–water partition coefficient (Wildman–Crippen LogP) is 0.923. The van der Waals surface area contributed by atoms with E-state index in [1.807, 2.05) is 6.07 Å². The Morgan fingerprint density at radius 3 is 3.09 bits per heavy atom. The number of carboxylic acid groups (broad SMARTS) is 1. The van der Waals surface area contributed by atoms with Crippen LogP contribution in [0.25, 0.3) is 9.78 Å². The third kappa shape index (κ3) is 1.00. The molecular formula is C7H5NO2Se. The topological polar surface area (TPSA) is 53.1 Å². The van der Waals surface area contributed by atoms with Crippen molar-refractivity contribution >= 4 is 30.2 Å². The summed E-state index contributed by atoms with van der Waals surface area (Å²) in [4.78, 5) is 15.4. The first kappa shape index (κ1) is 6.70. The first-order valence-corrected chi connectivity index (χ1v) is 4.91. The second-order valence-corrected chi connectivity index (χ2v) is 4.12. The van der Waals surface area contributed by atoms with Crippen molar-refractivity contribution < 1.29 is 9.90 Å². The molecule has 0 aliphatic heterocycles. The molecule has 0 spiro atoms. The molecule has 0 radical (unpaired) electrons. The van der Waals surface area contributed by atoms with Gasteiger partial charge in [-0.25, -0.2) is 0 Å². The van der Waals surface area contributed by atoms with Gasteiger partial charge in [-0.1, -0.05) is 0 Å². The standard InChI is InChI=1S/C7H5NO2Se/c9-7(10)5-3-4-1-2-11-6(4)8-5/h1-3,8H,(H,9,10). The van der Waals surface area contributed by atoms with Gasteiger partial charge in [0.25, 0.3) is 0 Å². The molecular weight excluding hydrogens is 209 g/mol. The number of rotatable bonds is 1. The number of aromatic nitrogens is 1. The van der Waals surface area contributed by atoms with Gasteiger partial charge in [0.1, 0.15) is 0 Å². The summed E-state index contributed by atoms with van der Waals surface area (Å²) >= 11 is 0.309. The van der Waals surface area contributed by atoms with Crippen LogP contribution >= 0.6 is 0 Å². The summed E-state index contributed by atoms with van der Waals surface area (Å²) in [5.74, 6) is -0.886. The van der Waals surface area contributed by atoms with Gasteiger partial charge in [0.05, 0.1) is 0 Å². The van der Waals surface area contributed by atoms with E-state index in [4.69, 9.17) is 5.11 Å². The van der Waals surface area contributed by atoms with Crippen LogP contribution in [-0.2, 0) is 0 Å². The second kappa shape index (κ2) is 2.26. The number of carboxylic acids is 1. The predicted molar refractivity (Wildman–Crippen MR) is 42.2 cm³/mol. The van der Waals surface area contributed by atoms with Crippen LogP contribution in [0.4, 0.5) is 0 Å². The zero-order chi connectivity index (χ0) is 7.84. The van der Waals surface area contributed by atoms with Crippen molar-refractivity contribution in [3.63, 3.8) is 0 Å². The molecule has 11 heavy (non-hydrogen) atoms. The van der Waals surface area contributed by atoms with Gasteiger partial charge in [-0.3, -0.25) is 0 Å². The van der Waals surface area contributed by atoms with E-state index >= 15 is 0 Å². The molecule has 0 aromatic carbocycles. The minimum atomic E-state index is -0.886. The molecule has 0 fully saturated rings. The normalized spacial score (nSPS) is 10.5. The zero-order valence-electron chi connectivity index (χ0n) is 5.50. The molecule has 56 valence electrons. The van der Waals surface area contributed by atoms with Gasteiger partial charge in [-0.2, -0.15) is 0 Å². The molecule has 4 heteroatoms. The molecule has 2 aromatic rings. The number of carbonyl (C=O) groups is 1. The third-order valence-electron chi connectivity index (χ3n) is 1.47. The van der Waals surface area contributed by atoms with Crippen LogP contribution in [0.2, 0.25) is 0 Å². The Morgan fingerprint density at radius 1 is 1.64 bits per heavy atom. The van der Waals surface area contributed by atoms with Gasteiger partial charge in [-0.15, -0.1) is 0 Å². The minimum absolute atomic E-state index is 0.293. The molecule has 2 aromatic heterocycles. The first-order chi connectivity index (χ1) is 5.27. The van der Waals surface area contributed by atoms with Gasteiger partial charge in [-0.05, 0) is 0 Å². The van der Waals surface area contributed by atoms with E-state index in [1.165, 1.54) is 0 Å². The van der Waals surface area contributed by atoms with Crippen LogP contribution in [0.15, 0.2) is 17.1 Å². The molecule has 0 saturated carbocycles. The van der Waals surface area contributed by atoms with Gasteiger partial charge >= 0.3 is 67.9 Å². The number of fused-ring (bicyclic) bond motifs is 1. The second-order valence-electron chi connectivity index (χ2n) is 2.19. The summed E-state index contributed by atoms with van der Waals surface area (Å²) in [7, 11) is 0. The summed E-state index contributed by atoms with van der Waals surface area (Å²) in [6.45, 7) is 0. The fourth-order valence-corrected chi connectivity index (χ4v) is 2.61. The van der Waals surface area contributed by atoms with Crippen molar-refractivity contribution in [2.75, 3.05) is 0 Å². The van der Waals surface area contributed by atoms with Crippen molar-refractivity contribution in [2.24, 2.45) is 0 Å². The van der Waals surface area contributed by atoms with Crippen molar-refractivity contribution in [1.29, 1.82) is 0 Å². The summed E-state index contributed by atoms with van der Waals surface area (Å²) in [6, 6.07) is 3.63. The third-order valence-corrected chi connectivity index (χ3v) is 3.25. The van der Waals surface area contributed by atoms with Crippen LogP contribution in [0.3, 0.4) is 0 Å². The number of nitrogens with one attached hydrogen (secondary N) is 1. The van der Waals surface area contributed by atoms with E-state index in [9.17, 15) is 4.79 Å². The summed E-state index contributed by atoms with van der Waals surface area (Å²) < 4.78 is 1.06. The molecule has 0 saturated heterocycles. The molecule has 0 aliphatic carbocycles. The molecule has 0 bridgehead atoms. The van der Waals surface area contributed by atoms with E-state index in [1.54, 1.807) is 6.07 Å². The SMILES string of the molecule is O=C(O)c1cc2cc[se]c2[nH]1. The maximum absolute atomic E-state index is 10.5. The quantitative estimate of drug-likeness (QED) is 0.693. The maximum atomic E-state index is 10.5.